The summed E-state index contributed by atoms with van der Waals surface area (Å²) < 4.78 is -0.0866. The zero-order valence-electron chi connectivity index (χ0n) is 5.13. The fourth-order valence-electron chi connectivity index (χ4n) is 0.320. The number of rotatable bonds is 4. The van der Waals surface area contributed by atoms with Crippen molar-refractivity contribution in [2.75, 3.05) is 5.75 Å². The van der Waals surface area contributed by atoms with Crippen LogP contribution in [0.3, 0.4) is 0 Å². The van der Waals surface area contributed by atoms with Crippen molar-refractivity contribution in [2.45, 2.75) is 11.6 Å². The van der Waals surface area contributed by atoms with E-state index in [1.807, 2.05) is 19.1 Å². The smallest absolute Gasteiger partial charge is 0.209 e. The third-order valence-corrected chi connectivity index (χ3v) is 1.93. The second-order valence-electron chi connectivity index (χ2n) is 1.33. The minimum atomic E-state index is -0.0866. The SMILES string of the molecule is C/C=C/C(Cl)SC[C]=O. The normalized spacial score (nSPS) is 14.0. The lowest BCUT2D eigenvalue weighted by atomic mass is 10.6. The number of halogens is 1. The molecule has 3 heteroatoms. The summed E-state index contributed by atoms with van der Waals surface area (Å²) in [6.45, 7) is 1.89. The standard InChI is InChI=1S/C6H8ClOS/c1-2-3-6(7)9-5-4-8/h2-3,6H,5H2,1H3/b3-2+. The van der Waals surface area contributed by atoms with Crippen LogP contribution in [0.4, 0.5) is 0 Å². The Morgan fingerprint density at radius 2 is 2.56 bits per heavy atom. The lowest BCUT2D eigenvalue weighted by Gasteiger charge is -1.96. The summed E-state index contributed by atoms with van der Waals surface area (Å²) in [5.41, 5.74) is 0. The maximum absolute atomic E-state index is 9.68. The third-order valence-electron chi connectivity index (χ3n) is 0.645. The van der Waals surface area contributed by atoms with Crippen LogP contribution >= 0.6 is 23.4 Å². The van der Waals surface area contributed by atoms with Crippen LogP contribution in [0.1, 0.15) is 6.92 Å². The molecule has 0 aliphatic carbocycles. The number of carbonyl (C=O) groups excluding carboxylic acids is 1. The Bertz CT molecular complexity index is 103. The van der Waals surface area contributed by atoms with E-state index in [-0.39, 0.29) is 4.71 Å². The van der Waals surface area contributed by atoms with E-state index in [4.69, 9.17) is 11.6 Å². The molecule has 1 atom stereocenters. The van der Waals surface area contributed by atoms with Crippen molar-refractivity contribution in [1.82, 2.24) is 0 Å². The average molecular weight is 164 g/mol. The minimum absolute atomic E-state index is 0.0866. The molecule has 0 aromatic rings. The second kappa shape index (κ2) is 6.17. The molecule has 0 rings (SSSR count). The van der Waals surface area contributed by atoms with Gasteiger partial charge in [-0.25, -0.2) is 0 Å². The van der Waals surface area contributed by atoms with Gasteiger partial charge in [-0.1, -0.05) is 12.2 Å². The molecule has 0 saturated heterocycles. The maximum Gasteiger partial charge on any atom is 0.209 e. The molecule has 1 unspecified atom stereocenters. The van der Waals surface area contributed by atoms with E-state index in [1.165, 1.54) is 11.8 Å². The van der Waals surface area contributed by atoms with Gasteiger partial charge in [-0.2, -0.15) is 0 Å². The number of alkyl halides is 1. The van der Waals surface area contributed by atoms with Gasteiger partial charge < -0.3 is 0 Å². The van der Waals surface area contributed by atoms with Crippen LogP contribution in [0, 0.1) is 0 Å². The maximum atomic E-state index is 9.68. The zero-order chi connectivity index (χ0) is 7.11. The summed E-state index contributed by atoms with van der Waals surface area (Å²) in [4.78, 5) is 9.68. The van der Waals surface area contributed by atoms with E-state index in [2.05, 4.69) is 0 Å². The van der Waals surface area contributed by atoms with Gasteiger partial charge in [0.15, 0.2) is 0 Å². The van der Waals surface area contributed by atoms with Gasteiger partial charge in [0.25, 0.3) is 0 Å². The third kappa shape index (κ3) is 5.93. The first-order valence-corrected chi connectivity index (χ1v) is 4.03. The topological polar surface area (TPSA) is 17.1 Å². The Morgan fingerprint density at radius 1 is 1.89 bits per heavy atom. The number of thioether (sulfide) groups is 1. The largest absolute Gasteiger partial charge is 0.290 e. The average Bonchev–Trinajstić information content (AvgIpc) is 1.85. The van der Waals surface area contributed by atoms with Crippen LogP contribution in [0.25, 0.3) is 0 Å². The van der Waals surface area contributed by atoms with E-state index < -0.39 is 0 Å². The molecule has 0 aliphatic rings. The molecule has 0 amide bonds. The van der Waals surface area contributed by atoms with E-state index in [0.717, 1.165) is 0 Å². The molecule has 51 valence electrons. The highest BCUT2D eigenvalue weighted by molar-refractivity contribution is 8.01. The number of hydrogen-bond donors (Lipinski definition) is 0. The molecule has 0 bridgehead atoms. The molecular formula is C6H8ClOS. The van der Waals surface area contributed by atoms with Crippen molar-refractivity contribution in [3.8, 4) is 0 Å². The molecule has 0 N–H and O–H groups in total. The first-order valence-electron chi connectivity index (χ1n) is 2.54. The summed E-state index contributed by atoms with van der Waals surface area (Å²) in [6, 6.07) is 0. The van der Waals surface area contributed by atoms with Crippen LogP contribution in [0.2, 0.25) is 0 Å². The van der Waals surface area contributed by atoms with Gasteiger partial charge >= 0.3 is 0 Å². The van der Waals surface area contributed by atoms with Crippen molar-refractivity contribution >= 4 is 29.6 Å². The predicted molar refractivity (Wildman–Crippen MR) is 42.6 cm³/mol. The van der Waals surface area contributed by atoms with Gasteiger partial charge in [0, 0.05) is 0 Å². The summed E-state index contributed by atoms with van der Waals surface area (Å²) in [7, 11) is 0. The highest BCUT2D eigenvalue weighted by Crippen LogP contribution is 2.14. The Labute approximate surface area is 64.5 Å². The zero-order valence-corrected chi connectivity index (χ0v) is 6.71. The molecule has 0 spiro atoms. The van der Waals surface area contributed by atoms with Crippen molar-refractivity contribution in [2.24, 2.45) is 0 Å². The van der Waals surface area contributed by atoms with Gasteiger partial charge in [-0.3, -0.25) is 4.79 Å². The summed E-state index contributed by atoms with van der Waals surface area (Å²) in [6.07, 6.45) is 5.43. The lowest BCUT2D eigenvalue weighted by Crippen LogP contribution is -1.88. The minimum Gasteiger partial charge on any atom is -0.290 e. The summed E-state index contributed by atoms with van der Waals surface area (Å²) >= 11 is 7.01. The summed E-state index contributed by atoms with van der Waals surface area (Å²) in [5, 5.41) is 0. The Balaban J connectivity index is 3.25. The fraction of sp³-hybridized carbons (Fsp3) is 0.500. The fourth-order valence-corrected chi connectivity index (χ4v) is 1.15. The number of allylic oxidation sites excluding steroid dienone is 1. The molecular weight excluding hydrogens is 156 g/mol. The lowest BCUT2D eigenvalue weighted by molar-refractivity contribution is 0.560. The Hall–Kier alpha value is 0.0500. The van der Waals surface area contributed by atoms with Crippen molar-refractivity contribution in [1.29, 1.82) is 0 Å². The Kier molecular flexibility index (Phi) is 6.21. The highest BCUT2D eigenvalue weighted by Gasteiger charge is 1.96. The van der Waals surface area contributed by atoms with Gasteiger partial charge in [0.1, 0.15) is 0 Å². The van der Waals surface area contributed by atoms with Crippen molar-refractivity contribution in [3.63, 3.8) is 0 Å². The van der Waals surface area contributed by atoms with E-state index >= 15 is 0 Å². The molecule has 0 aromatic heterocycles. The van der Waals surface area contributed by atoms with Gasteiger partial charge in [-0.15, -0.1) is 23.4 Å². The van der Waals surface area contributed by atoms with Crippen LogP contribution in [0.15, 0.2) is 12.2 Å². The van der Waals surface area contributed by atoms with E-state index in [0.29, 0.717) is 5.75 Å². The van der Waals surface area contributed by atoms with E-state index in [9.17, 15) is 4.79 Å². The highest BCUT2D eigenvalue weighted by atomic mass is 35.5. The Morgan fingerprint density at radius 3 is 3.00 bits per heavy atom. The first-order chi connectivity index (χ1) is 4.31. The quantitative estimate of drug-likeness (QED) is 0.466. The van der Waals surface area contributed by atoms with Gasteiger partial charge in [0.2, 0.25) is 6.29 Å². The van der Waals surface area contributed by atoms with Gasteiger partial charge in [-0.05, 0) is 6.92 Å². The molecule has 0 heterocycles. The monoisotopic (exact) mass is 163 g/mol. The van der Waals surface area contributed by atoms with Crippen molar-refractivity contribution < 1.29 is 4.79 Å². The van der Waals surface area contributed by atoms with Gasteiger partial charge in [0.05, 0.1) is 10.5 Å². The van der Waals surface area contributed by atoms with Crippen LogP contribution in [0.5, 0.6) is 0 Å². The molecule has 0 fully saturated rings. The second-order valence-corrected chi connectivity index (χ2v) is 3.19. The predicted octanol–water partition coefficient (Wildman–Crippen LogP) is 1.97. The molecule has 0 aromatic carbocycles. The van der Waals surface area contributed by atoms with Crippen LogP contribution < -0.4 is 0 Å². The first kappa shape index (κ1) is 9.05. The van der Waals surface area contributed by atoms with E-state index in [1.54, 1.807) is 6.29 Å². The van der Waals surface area contributed by atoms with Crippen LogP contribution in [-0.2, 0) is 4.79 Å². The molecule has 0 aliphatic heterocycles. The number of hydrogen-bond acceptors (Lipinski definition) is 2. The molecule has 1 nitrogen and oxygen atoms in total. The molecule has 0 saturated carbocycles. The molecule has 1 radical (unpaired) electrons. The molecule has 9 heavy (non-hydrogen) atoms. The van der Waals surface area contributed by atoms with Crippen molar-refractivity contribution in [3.05, 3.63) is 12.2 Å². The summed E-state index contributed by atoms with van der Waals surface area (Å²) in [5.74, 6) is 0.346. The van der Waals surface area contributed by atoms with Crippen LogP contribution in [-0.4, -0.2) is 16.7 Å².